The first kappa shape index (κ1) is 16.8. The fourth-order valence-corrected chi connectivity index (χ4v) is 3.80. The zero-order chi connectivity index (χ0) is 17.1. The van der Waals surface area contributed by atoms with E-state index in [-0.39, 0.29) is 17.6 Å². The summed E-state index contributed by atoms with van der Waals surface area (Å²) in [7, 11) is 0. The van der Waals surface area contributed by atoms with E-state index in [2.05, 4.69) is 0 Å². The number of hydrogen-bond donors (Lipinski definition) is 2. The van der Waals surface area contributed by atoms with Gasteiger partial charge in [0.15, 0.2) is 0 Å². The minimum Gasteiger partial charge on any atom is -0.508 e. The summed E-state index contributed by atoms with van der Waals surface area (Å²) in [6.07, 6.45) is 3.56. The summed E-state index contributed by atoms with van der Waals surface area (Å²) in [6.45, 7) is 2.88. The van der Waals surface area contributed by atoms with Crippen molar-refractivity contribution in [2.24, 2.45) is 5.92 Å². The van der Waals surface area contributed by atoms with Gasteiger partial charge in [-0.15, -0.1) is 0 Å². The molecule has 1 aromatic rings. The topological polar surface area (TPSA) is 81.1 Å². The number of benzene rings is 1. The van der Waals surface area contributed by atoms with Gasteiger partial charge in [0.1, 0.15) is 11.8 Å². The van der Waals surface area contributed by atoms with Gasteiger partial charge in [0.05, 0.1) is 0 Å². The monoisotopic (exact) mass is 332 g/mol. The molecule has 3 rings (SSSR count). The standard InChI is InChI=1S/C18H24N2O4/c21-15-5-3-4-14(12-15)16(18(23)24)19-10-6-13(7-11-19)17(22)20-8-1-2-9-20/h3-5,12-13,16,21H,1-2,6-11H2,(H,23,24)/t16-/m0/s1. The number of carbonyl (C=O) groups is 2. The van der Waals surface area contributed by atoms with Crippen molar-refractivity contribution in [2.75, 3.05) is 26.2 Å². The van der Waals surface area contributed by atoms with E-state index in [0.29, 0.717) is 31.5 Å². The summed E-state index contributed by atoms with van der Waals surface area (Å²) >= 11 is 0. The highest BCUT2D eigenvalue weighted by Gasteiger charge is 2.35. The molecule has 2 saturated heterocycles. The van der Waals surface area contributed by atoms with Crippen molar-refractivity contribution in [1.82, 2.24) is 9.80 Å². The molecule has 2 aliphatic rings. The molecule has 2 heterocycles. The minimum absolute atomic E-state index is 0.0120. The van der Waals surface area contributed by atoms with Gasteiger partial charge < -0.3 is 15.1 Å². The number of rotatable bonds is 4. The van der Waals surface area contributed by atoms with E-state index in [4.69, 9.17) is 0 Å². The molecule has 0 radical (unpaired) electrons. The van der Waals surface area contributed by atoms with Crippen LogP contribution in [0.4, 0.5) is 0 Å². The SMILES string of the molecule is O=C(O)[C@H](c1cccc(O)c1)N1CCC(C(=O)N2CCCC2)CC1. The maximum Gasteiger partial charge on any atom is 0.325 e. The average Bonchev–Trinajstić information content (AvgIpc) is 3.09. The van der Waals surface area contributed by atoms with E-state index in [1.165, 1.54) is 12.1 Å². The van der Waals surface area contributed by atoms with Crippen molar-refractivity contribution in [3.8, 4) is 5.75 Å². The van der Waals surface area contributed by atoms with Crippen LogP contribution < -0.4 is 0 Å². The van der Waals surface area contributed by atoms with Crippen LogP contribution in [0, 0.1) is 5.92 Å². The van der Waals surface area contributed by atoms with Gasteiger partial charge >= 0.3 is 5.97 Å². The number of phenolic OH excluding ortho intramolecular Hbond substituents is 1. The molecule has 2 N–H and O–H groups in total. The number of likely N-dealkylation sites (tertiary alicyclic amines) is 2. The molecule has 0 aromatic heterocycles. The molecule has 0 aliphatic carbocycles. The highest BCUT2D eigenvalue weighted by molar-refractivity contribution is 5.79. The molecule has 1 atom stereocenters. The molecule has 0 unspecified atom stereocenters. The molecule has 0 saturated carbocycles. The van der Waals surface area contributed by atoms with Crippen molar-refractivity contribution in [3.05, 3.63) is 29.8 Å². The number of piperidine rings is 1. The first-order valence-electron chi connectivity index (χ1n) is 8.61. The molecule has 1 aromatic carbocycles. The summed E-state index contributed by atoms with van der Waals surface area (Å²) in [5.41, 5.74) is 0.576. The van der Waals surface area contributed by atoms with Crippen molar-refractivity contribution >= 4 is 11.9 Å². The third-order valence-corrected chi connectivity index (χ3v) is 5.08. The lowest BCUT2D eigenvalue weighted by Crippen LogP contribution is -2.44. The van der Waals surface area contributed by atoms with Crippen LogP contribution in [0.5, 0.6) is 5.75 Å². The Balaban J connectivity index is 1.65. The second kappa shape index (κ2) is 7.21. The maximum absolute atomic E-state index is 12.5. The average molecular weight is 332 g/mol. The van der Waals surface area contributed by atoms with Crippen LogP contribution in [0.2, 0.25) is 0 Å². The number of amides is 1. The van der Waals surface area contributed by atoms with Crippen molar-refractivity contribution < 1.29 is 19.8 Å². The number of aromatic hydroxyl groups is 1. The van der Waals surface area contributed by atoms with Crippen LogP contribution in [0.3, 0.4) is 0 Å². The largest absolute Gasteiger partial charge is 0.508 e. The lowest BCUT2D eigenvalue weighted by molar-refractivity contribution is -0.144. The van der Waals surface area contributed by atoms with Crippen LogP contribution in [0.1, 0.15) is 37.3 Å². The number of hydrogen-bond acceptors (Lipinski definition) is 4. The van der Waals surface area contributed by atoms with E-state index < -0.39 is 12.0 Å². The number of aliphatic carboxylic acids is 1. The van der Waals surface area contributed by atoms with Gasteiger partial charge in [-0.05, 0) is 43.4 Å². The van der Waals surface area contributed by atoms with Crippen molar-refractivity contribution in [1.29, 1.82) is 0 Å². The summed E-state index contributed by atoms with van der Waals surface area (Å²) in [4.78, 5) is 28.1. The van der Waals surface area contributed by atoms with Gasteiger partial charge in [-0.1, -0.05) is 12.1 Å². The maximum atomic E-state index is 12.5. The molecule has 6 nitrogen and oxygen atoms in total. The number of phenols is 1. The zero-order valence-electron chi connectivity index (χ0n) is 13.7. The van der Waals surface area contributed by atoms with Crippen LogP contribution in [-0.2, 0) is 9.59 Å². The second-order valence-corrected chi connectivity index (χ2v) is 6.68. The molecular weight excluding hydrogens is 308 g/mol. The fraction of sp³-hybridized carbons (Fsp3) is 0.556. The van der Waals surface area contributed by atoms with Gasteiger partial charge in [-0.2, -0.15) is 0 Å². The van der Waals surface area contributed by atoms with Gasteiger partial charge in [-0.3, -0.25) is 14.5 Å². The van der Waals surface area contributed by atoms with Gasteiger partial charge in [-0.25, -0.2) is 0 Å². The Kier molecular flexibility index (Phi) is 5.04. The normalized spacial score (nSPS) is 20.9. The fourth-order valence-electron chi connectivity index (χ4n) is 3.80. The summed E-state index contributed by atoms with van der Waals surface area (Å²) < 4.78 is 0. The highest BCUT2D eigenvalue weighted by atomic mass is 16.4. The Labute approximate surface area is 141 Å². The predicted molar refractivity (Wildman–Crippen MR) is 88.6 cm³/mol. The van der Waals surface area contributed by atoms with Crippen LogP contribution in [0.25, 0.3) is 0 Å². The highest BCUT2D eigenvalue weighted by Crippen LogP contribution is 2.30. The Morgan fingerprint density at radius 1 is 1.08 bits per heavy atom. The molecular formula is C18H24N2O4. The Bertz CT molecular complexity index is 605. The molecule has 0 bridgehead atoms. The van der Waals surface area contributed by atoms with Gasteiger partial charge in [0.2, 0.25) is 5.91 Å². The van der Waals surface area contributed by atoms with E-state index in [1.807, 2.05) is 9.80 Å². The summed E-state index contributed by atoms with van der Waals surface area (Å²) in [5.74, 6) is -0.614. The lowest BCUT2D eigenvalue weighted by Gasteiger charge is -2.36. The lowest BCUT2D eigenvalue weighted by atomic mass is 9.93. The molecule has 24 heavy (non-hydrogen) atoms. The van der Waals surface area contributed by atoms with Gasteiger partial charge in [0.25, 0.3) is 0 Å². The Morgan fingerprint density at radius 3 is 2.33 bits per heavy atom. The summed E-state index contributed by atoms with van der Waals surface area (Å²) in [5, 5.41) is 19.2. The third-order valence-electron chi connectivity index (χ3n) is 5.08. The molecule has 0 spiro atoms. The summed E-state index contributed by atoms with van der Waals surface area (Å²) in [6, 6.07) is 5.63. The van der Waals surface area contributed by atoms with E-state index in [0.717, 1.165) is 25.9 Å². The van der Waals surface area contributed by atoms with E-state index >= 15 is 0 Å². The first-order valence-corrected chi connectivity index (χ1v) is 8.61. The number of carbonyl (C=O) groups excluding carboxylic acids is 1. The smallest absolute Gasteiger partial charge is 0.325 e. The molecule has 2 aliphatic heterocycles. The minimum atomic E-state index is -0.926. The van der Waals surface area contributed by atoms with Crippen LogP contribution in [0.15, 0.2) is 24.3 Å². The van der Waals surface area contributed by atoms with E-state index in [9.17, 15) is 19.8 Å². The van der Waals surface area contributed by atoms with Crippen LogP contribution >= 0.6 is 0 Å². The van der Waals surface area contributed by atoms with Crippen molar-refractivity contribution in [3.63, 3.8) is 0 Å². The second-order valence-electron chi connectivity index (χ2n) is 6.68. The first-order chi connectivity index (χ1) is 11.6. The third kappa shape index (κ3) is 3.53. The van der Waals surface area contributed by atoms with Crippen molar-refractivity contribution in [2.45, 2.75) is 31.7 Å². The predicted octanol–water partition coefficient (Wildman–Crippen LogP) is 1.85. The Morgan fingerprint density at radius 2 is 1.75 bits per heavy atom. The Hall–Kier alpha value is -2.08. The molecule has 1 amide bonds. The number of carboxylic acid groups (broad SMARTS) is 1. The molecule has 6 heteroatoms. The van der Waals surface area contributed by atoms with Crippen LogP contribution in [-0.4, -0.2) is 58.1 Å². The van der Waals surface area contributed by atoms with E-state index in [1.54, 1.807) is 12.1 Å². The molecule has 130 valence electrons. The molecule has 2 fully saturated rings. The number of nitrogens with zero attached hydrogens (tertiary/aromatic N) is 2. The number of carboxylic acids is 1. The van der Waals surface area contributed by atoms with Gasteiger partial charge in [0, 0.05) is 32.1 Å². The quantitative estimate of drug-likeness (QED) is 0.879. The zero-order valence-corrected chi connectivity index (χ0v) is 13.7.